The smallest absolute Gasteiger partial charge is 0.439 e. The summed E-state index contributed by atoms with van der Waals surface area (Å²) in [4.78, 5) is 27.9. The van der Waals surface area contributed by atoms with E-state index in [1.165, 1.54) is 0 Å². The van der Waals surface area contributed by atoms with Crippen LogP contribution in [0, 0.1) is 0 Å². The van der Waals surface area contributed by atoms with E-state index in [2.05, 4.69) is 10.4 Å². The molecule has 0 atom stereocenters. The Bertz CT molecular complexity index is 712. The summed E-state index contributed by atoms with van der Waals surface area (Å²) in [5.41, 5.74) is 4.29. The lowest BCUT2D eigenvalue weighted by Crippen LogP contribution is -2.42. The normalized spacial score (nSPS) is 10.0. The van der Waals surface area contributed by atoms with E-state index >= 15 is 0 Å². The van der Waals surface area contributed by atoms with Gasteiger partial charge >= 0.3 is 12.2 Å². The topological polar surface area (TPSA) is 80.8 Å². The Labute approximate surface area is 150 Å². The number of hydrazine groups is 1. The maximum absolute atomic E-state index is 12.0. The molecule has 132 valence electrons. The second-order valence-corrected chi connectivity index (χ2v) is 5.63. The molecular weight excluding hydrogens is 342 g/mol. The van der Waals surface area contributed by atoms with Gasteiger partial charge in [0, 0.05) is 18.1 Å². The van der Waals surface area contributed by atoms with Crippen LogP contribution in [0.4, 0.5) is 9.59 Å². The number of pyridine rings is 1. The van der Waals surface area contributed by atoms with Gasteiger partial charge in [0.2, 0.25) is 0 Å². The molecule has 0 aliphatic carbocycles. The Hall–Kier alpha value is -2.74. The molecule has 1 aromatic carbocycles. The lowest BCUT2D eigenvalue weighted by Gasteiger charge is -2.20. The molecule has 0 saturated carbocycles. The molecule has 0 radical (unpaired) electrons. The van der Waals surface area contributed by atoms with Crippen molar-refractivity contribution in [1.82, 2.24) is 14.8 Å². The van der Waals surface area contributed by atoms with E-state index in [4.69, 9.17) is 9.47 Å². The maximum Gasteiger partial charge on any atom is 0.439 e. The Morgan fingerprint density at radius 2 is 1.80 bits per heavy atom. The highest BCUT2D eigenvalue weighted by Crippen LogP contribution is 2.25. The maximum atomic E-state index is 12.0. The fourth-order valence-corrected chi connectivity index (χ4v) is 2.62. The largest absolute Gasteiger partial charge is 0.449 e. The molecule has 0 saturated heterocycles. The third-order valence-electron chi connectivity index (χ3n) is 2.93. The van der Waals surface area contributed by atoms with Crippen molar-refractivity contribution in [1.29, 1.82) is 0 Å². The summed E-state index contributed by atoms with van der Waals surface area (Å²) in [5, 5.41) is 0.520. The Balaban J connectivity index is 2.17. The van der Waals surface area contributed by atoms with Crippen molar-refractivity contribution in [3.05, 3.63) is 48.7 Å². The van der Waals surface area contributed by atoms with E-state index in [-0.39, 0.29) is 13.2 Å². The van der Waals surface area contributed by atoms with Gasteiger partial charge in [0.15, 0.2) is 0 Å². The number of carbonyl (C=O) groups excluding carboxylic acids is 2. The van der Waals surface area contributed by atoms with Gasteiger partial charge in [-0.05, 0) is 37.1 Å². The first-order valence-corrected chi connectivity index (χ1v) is 8.51. The highest BCUT2D eigenvalue weighted by atomic mass is 32.2. The van der Waals surface area contributed by atoms with Crippen LogP contribution < -0.4 is 5.43 Å². The molecule has 2 rings (SSSR count). The molecular formula is C17H19N3O4S. The summed E-state index contributed by atoms with van der Waals surface area (Å²) in [6.45, 7) is 3.72. The monoisotopic (exact) mass is 361 g/mol. The van der Waals surface area contributed by atoms with E-state index in [9.17, 15) is 9.59 Å². The number of ether oxygens (including phenoxy) is 2. The van der Waals surface area contributed by atoms with E-state index in [1.807, 2.05) is 42.5 Å². The van der Waals surface area contributed by atoms with Crippen LogP contribution >= 0.6 is 11.9 Å². The SMILES string of the molecule is CCOC(=O)NN(Sc1cc(-c2ccccc2)ccn1)C(=O)OCC. The first kappa shape index (κ1) is 18.6. The fourth-order valence-electron chi connectivity index (χ4n) is 1.90. The van der Waals surface area contributed by atoms with Crippen LogP contribution in [-0.2, 0) is 9.47 Å². The molecule has 25 heavy (non-hydrogen) atoms. The van der Waals surface area contributed by atoms with Crippen molar-refractivity contribution >= 4 is 24.1 Å². The third-order valence-corrected chi connectivity index (χ3v) is 3.76. The molecule has 0 fully saturated rings. The fraction of sp³-hybridized carbons (Fsp3) is 0.235. The minimum Gasteiger partial charge on any atom is -0.449 e. The van der Waals surface area contributed by atoms with Gasteiger partial charge in [-0.2, -0.15) is 0 Å². The Morgan fingerprint density at radius 3 is 2.48 bits per heavy atom. The van der Waals surface area contributed by atoms with Crippen LogP contribution in [0.5, 0.6) is 0 Å². The zero-order chi connectivity index (χ0) is 18.1. The number of aromatic nitrogens is 1. The number of hydrogen-bond donors (Lipinski definition) is 1. The van der Waals surface area contributed by atoms with Crippen LogP contribution in [0.15, 0.2) is 53.7 Å². The lowest BCUT2D eigenvalue weighted by molar-refractivity contribution is 0.106. The molecule has 0 bridgehead atoms. The van der Waals surface area contributed by atoms with Crippen LogP contribution in [-0.4, -0.2) is 34.8 Å². The van der Waals surface area contributed by atoms with Crippen molar-refractivity contribution in [2.45, 2.75) is 18.9 Å². The number of carbonyl (C=O) groups is 2. The van der Waals surface area contributed by atoms with Gasteiger partial charge in [0.25, 0.3) is 0 Å². The van der Waals surface area contributed by atoms with Crippen molar-refractivity contribution in [2.24, 2.45) is 0 Å². The molecule has 0 unspecified atom stereocenters. The number of rotatable bonds is 5. The van der Waals surface area contributed by atoms with Crippen molar-refractivity contribution in [3.63, 3.8) is 0 Å². The van der Waals surface area contributed by atoms with Gasteiger partial charge in [-0.15, -0.1) is 4.41 Å². The predicted molar refractivity (Wildman–Crippen MR) is 94.5 cm³/mol. The van der Waals surface area contributed by atoms with Gasteiger partial charge in [-0.25, -0.2) is 20.0 Å². The predicted octanol–water partition coefficient (Wildman–Crippen LogP) is 3.88. The summed E-state index contributed by atoms with van der Waals surface area (Å²) in [5.74, 6) is 0. The van der Waals surface area contributed by atoms with Crippen LogP contribution in [0.25, 0.3) is 11.1 Å². The first-order valence-electron chi connectivity index (χ1n) is 7.73. The molecule has 0 spiro atoms. The minimum absolute atomic E-state index is 0.178. The summed E-state index contributed by atoms with van der Waals surface area (Å²) >= 11 is 0.936. The third kappa shape index (κ3) is 5.68. The number of nitrogens with one attached hydrogen (secondary N) is 1. The molecule has 1 aromatic heterocycles. The highest BCUT2D eigenvalue weighted by molar-refractivity contribution is 7.97. The number of nitrogens with zero attached hydrogens (tertiary/aromatic N) is 2. The van der Waals surface area contributed by atoms with Crippen molar-refractivity contribution < 1.29 is 19.1 Å². The Morgan fingerprint density at radius 1 is 1.08 bits per heavy atom. The van der Waals surface area contributed by atoms with E-state index in [0.29, 0.717) is 5.03 Å². The summed E-state index contributed by atoms with van der Waals surface area (Å²) in [6, 6.07) is 13.5. The van der Waals surface area contributed by atoms with E-state index in [0.717, 1.165) is 27.5 Å². The molecule has 8 heteroatoms. The van der Waals surface area contributed by atoms with Crippen LogP contribution in [0.3, 0.4) is 0 Å². The number of hydrogen-bond acceptors (Lipinski definition) is 6. The second-order valence-electron chi connectivity index (χ2n) is 4.67. The first-order chi connectivity index (χ1) is 12.1. The Kier molecular flexibility index (Phi) is 7.09. The van der Waals surface area contributed by atoms with Gasteiger partial charge in [-0.3, -0.25) is 0 Å². The minimum atomic E-state index is -0.748. The molecule has 1 heterocycles. The average molecular weight is 361 g/mol. The van der Waals surface area contributed by atoms with E-state index in [1.54, 1.807) is 20.0 Å². The molecule has 2 amide bonds. The van der Waals surface area contributed by atoms with Crippen LogP contribution in [0.1, 0.15) is 13.8 Å². The molecule has 2 aromatic rings. The second kappa shape index (κ2) is 9.53. The van der Waals surface area contributed by atoms with E-state index < -0.39 is 12.2 Å². The average Bonchev–Trinajstić information content (AvgIpc) is 2.62. The van der Waals surface area contributed by atoms with Crippen molar-refractivity contribution in [3.8, 4) is 11.1 Å². The number of benzene rings is 1. The van der Waals surface area contributed by atoms with Crippen LogP contribution in [0.2, 0.25) is 0 Å². The quantitative estimate of drug-likeness (QED) is 0.643. The molecule has 0 aliphatic heterocycles. The van der Waals surface area contributed by atoms with Crippen molar-refractivity contribution in [2.75, 3.05) is 13.2 Å². The summed E-state index contributed by atoms with van der Waals surface area (Å²) in [7, 11) is 0. The molecule has 1 N–H and O–H groups in total. The van der Waals surface area contributed by atoms with Gasteiger partial charge in [-0.1, -0.05) is 30.3 Å². The molecule has 7 nitrogen and oxygen atoms in total. The molecule has 0 aliphatic rings. The zero-order valence-electron chi connectivity index (χ0n) is 14.0. The van der Waals surface area contributed by atoms with Gasteiger partial charge in [0.1, 0.15) is 5.03 Å². The number of amides is 2. The standard InChI is InChI=1S/C17H19N3O4S/c1-3-23-16(21)19-20(17(22)24-4-2)25-15-12-14(10-11-18-15)13-8-6-5-7-9-13/h5-12H,3-4H2,1-2H3,(H,19,21). The summed E-state index contributed by atoms with van der Waals surface area (Å²) in [6.07, 6.45) is 0.174. The summed E-state index contributed by atoms with van der Waals surface area (Å²) < 4.78 is 10.7. The highest BCUT2D eigenvalue weighted by Gasteiger charge is 2.20. The van der Waals surface area contributed by atoms with Gasteiger partial charge in [0.05, 0.1) is 13.2 Å². The lowest BCUT2D eigenvalue weighted by atomic mass is 10.1. The zero-order valence-corrected chi connectivity index (χ0v) is 14.8. The van der Waals surface area contributed by atoms with Gasteiger partial charge < -0.3 is 9.47 Å².